The van der Waals surface area contributed by atoms with Crippen LogP contribution >= 0.6 is 11.6 Å². The minimum absolute atomic E-state index is 0.186. The van der Waals surface area contributed by atoms with E-state index in [9.17, 15) is 9.59 Å². The van der Waals surface area contributed by atoms with E-state index < -0.39 is 0 Å². The lowest BCUT2D eigenvalue weighted by Gasteiger charge is -2.12. The van der Waals surface area contributed by atoms with Gasteiger partial charge < -0.3 is 15.4 Å². The molecule has 1 fully saturated rings. The summed E-state index contributed by atoms with van der Waals surface area (Å²) in [6.45, 7) is -0.219. The fourth-order valence-corrected chi connectivity index (χ4v) is 3.27. The quantitative estimate of drug-likeness (QED) is 0.570. The van der Waals surface area contributed by atoms with E-state index in [0.717, 1.165) is 24.0 Å². The van der Waals surface area contributed by atoms with Crippen molar-refractivity contribution in [1.82, 2.24) is 5.32 Å². The van der Waals surface area contributed by atoms with E-state index in [1.165, 1.54) is 0 Å². The van der Waals surface area contributed by atoms with E-state index >= 15 is 0 Å². The number of amides is 2. The van der Waals surface area contributed by atoms with Gasteiger partial charge in [0.15, 0.2) is 6.61 Å². The molecular formula is C24H21ClN2O3. The first-order chi connectivity index (χ1) is 14.6. The Morgan fingerprint density at radius 3 is 2.40 bits per heavy atom. The van der Waals surface area contributed by atoms with Crippen LogP contribution in [0.3, 0.4) is 0 Å². The largest absolute Gasteiger partial charge is 0.482 e. The minimum atomic E-state index is -0.370. The predicted molar refractivity (Wildman–Crippen MR) is 118 cm³/mol. The smallest absolute Gasteiger partial charge is 0.262 e. The Labute approximate surface area is 180 Å². The van der Waals surface area contributed by atoms with Gasteiger partial charge in [0, 0.05) is 6.04 Å². The van der Waals surface area contributed by atoms with Crippen molar-refractivity contribution in [3.63, 3.8) is 0 Å². The first-order valence-corrected chi connectivity index (χ1v) is 10.2. The minimum Gasteiger partial charge on any atom is -0.482 e. The SMILES string of the molecule is O=C(COc1ccc(-c2ccccc2)cc1Cl)Nc1ccccc1C(=O)NC1CC1. The molecule has 30 heavy (non-hydrogen) atoms. The number of ether oxygens (including phenoxy) is 1. The molecule has 5 nitrogen and oxygen atoms in total. The van der Waals surface area contributed by atoms with Gasteiger partial charge in [0.05, 0.1) is 16.3 Å². The molecule has 0 spiro atoms. The summed E-state index contributed by atoms with van der Waals surface area (Å²) in [5, 5.41) is 6.10. The number of rotatable bonds is 7. The van der Waals surface area contributed by atoms with Crippen molar-refractivity contribution in [3.05, 3.63) is 83.4 Å². The van der Waals surface area contributed by atoms with Crippen molar-refractivity contribution >= 4 is 29.1 Å². The van der Waals surface area contributed by atoms with Gasteiger partial charge in [-0.05, 0) is 48.2 Å². The van der Waals surface area contributed by atoms with Gasteiger partial charge in [0.1, 0.15) is 5.75 Å². The second-order valence-corrected chi connectivity index (χ2v) is 7.55. The molecule has 1 saturated carbocycles. The molecular weight excluding hydrogens is 400 g/mol. The van der Waals surface area contributed by atoms with E-state index in [4.69, 9.17) is 16.3 Å². The molecule has 0 radical (unpaired) electrons. The highest BCUT2D eigenvalue weighted by Crippen LogP contribution is 2.30. The predicted octanol–water partition coefficient (Wildman–Crippen LogP) is 4.92. The Kier molecular flexibility index (Phi) is 6.00. The molecule has 0 aliphatic heterocycles. The van der Waals surface area contributed by atoms with Gasteiger partial charge in [-0.15, -0.1) is 0 Å². The van der Waals surface area contributed by atoms with Crippen LogP contribution in [0, 0.1) is 0 Å². The summed E-state index contributed by atoms with van der Waals surface area (Å²) in [7, 11) is 0. The van der Waals surface area contributed by atoms with E-state index in [-0.39, 0.29) is 24.5 Å². The standard InChI is InChI=1S/C24H21ClN2O3/c25-20-14-17(16-6-2-1-3-7-16)10-13-22(20)30-15-23(28)27-21-9-5-4-8-19(21)24(29)26-18-11-12-18/h1-10,13-14,18H,11-12,15H2,(H,26,29)(H,27,28). The molecule has 0 heterocycles. The number of hydrogen-bond donors (Lipinski definition) is 2. The Morgan fingerprint density at radius 2 is 1.67 bits per heavy atom. The molecule has 152 valence electrons. The molecule has 6 heteroatoms. The summed E-state index contributed by atoms with van der Waals surface area (Å²) in [5.74, 6) is -0.134. The zero-order valence-electron chi connectivity index (χ0n) is 16.2. The van der Waals surface area contributed by atoms with Gasteiger partial charge in [0.25, 0.3) is 11.8 Å². The van der Waals surface area contributed by atoms with E-state index in [2.05, 4.69) is 10.6 Å². The van der Waals surface area contributed by atoms with Crippen LogP contribution in [0.1, 0.15) is 23.2 Å². The van der Waals surface area contributed by atoms with Crippen LogP contribution in [0.2, 0.25) is 5.02 Å². The zero-order chi connectivity index (χ0) is 20.9. The highest BCUT2D eigenvalue weighted by Gasteiger charge is 2.25. The molecule has 1 aliphatic rings. The Balaban J connectivity index is 1.38. The number of carbonyl (C=O) groups is 2. The molecule has 0 unspecified atom stereocenters. The molecule has 3 aromatic rings. The second kappa shape index (κ2) is 9.01. The number of hydrogen-bond acceptors (Lipinski definition) is 3. The molecule has 0 bridgehead atoms. The maximum atomic E-state index is 12.4. The van der Waals surface area contributed by atoms with E-state index in [0.29, 0.717) is 22.0 Å². The van der Waals surface area contributed by atoms with Gasteiger partial charge in [-0.25, -0.2) is 0 Å². The first kappa shape index (κ1) is 20.0. The van der Waals surface area contributed by atoms with E-state index in [1.807, 2.05) is 42.5 Å². The van der Waals surface area contributed by atoms with Crippen LogP contribution in [0.15, 0.2) is 72.8 Å². The number of carbonyl (C=O) groups excluding carboxylic acids is 2. The van der Waals surface area contributed by atoms with Crippen LogP contribution in [-0.2, 0) is 4.79 Å². The highest BCUT2D eigenvalue weighted by molar-refractivity contribution is 6.32. The second-order valence-electron chi connectivity index (χ2n) is 7.14. The van der Waals surface area contributed by atoms with Gasteiger partial charge in [-0.2, -0.15) is 0 Å². The number of anilines is 1. The van der Waals surface area contributed by atoms with Crippen molar-refractivity contribution in [1.29, 1.82) is 0 Å². The highest BCUT2D eigenvalue weighted by atomic mass is 35.5. The van der Waals surface area contributed by atoms with Crippen molar-refractivity contribution in [2.45, 2.75) is 18.9 Å². The number of benzene rings is 3. The topological polar surface area (TPSA) is 67.4 Å². The Hall–Kier alpha value is -3.31. The van der Waals surface area contributed by atoms with Gasteiger partial charge >= 0.3 is 0 Å². The van der Waals surface area contributed by atoms with Crippen LogP contribution in [0.4, 0.5) is 5.69 Å². The average molecular weight is 421 g/mol. The van der Waals surface area contributed by atoms with Crippen molar-refractivity contribution < 1.29 is 14.3 Å². The van der Waals surface area contributed by atoms with Gasteiger partial charge in [-0.3, -0.25) is 9.59 Å². The summed E-state index contributed by atoms with van der Waals surface area (Å²) in [5.41, 5.74) is 2.90. The van der Waals surface area contributed by atoms with Crippen LogP contribution in [-0.4, -0.2) is 24.5 Å². The zero-order valence-corrected chi connectivity index (χ0v) is 17.0. The van der Waals surface area contributed by atoms with Crippen LogP contribution in [0.5, 0.6) is 5.75 Å². The van der Waals surface area contributed by atoms with Crippen molar-refractivity contribution in [2.75, 3.05) is 11.9 Å². The summed E-state index contributed by atoms with van der Waals surface area (Å²) in [6, 6.07) is 22.5. The van der Waals surface area contributed by atoms with Crippen molar-refractivity contribution in [3.8, 4) is 16.9 Å². The maximum absolute atomic E-state index is 12.4. The van der Waals surface area contributed by atoms with Gasteiger partial charge in [0.2, 0.25) is 0 Å². The lowest BCUT2D eigenvalue weighted by molar-refractivity contribution is -0.118. The number of para-hydroxylation sites is 1. The molecule has 0 aromatic heterocycles. The third-order valence-corrected chi connectivity index (χ3v) is 5.05. The molecule has 4 rings (SSSR count). The lowest BCUT2D eigenvalue weighted by Crippen LogP contribution is -2.28. The van der Waals surface area contributed by atoms with Crippen LogP contribution < -0.4 is 15.4 Å². The molecule has 0 saturated heterocycles. The fraction of sp³-hybridized carbons (Fsp3) is 0.167. The molecule has 0 atom stereocenters. The normalized spacial score (nSPS) is 12.8. The summed E-state index contributed by atoms with van der Waals surface area (Å²) in [4.78, 5) is 24.7. The third-order valence-electron chi connectivity index (χ3n) is 4.76. The first-order valence-electron chi connectivity index (χ1n) is 9.77. The Bertz CT molecular complexity index is 1070. The molecule has 2 N–H and O–H groups in total. The molecule has 1 aliphatic carbocycles. The summed E-state index contributed by atoms with van der Waals surface area (Å²) < 4.78 is 5.59. The maximum Gasteiger partial charge on any atom is 0.262 e. The monoisotopic (exact) mass is 420 g/mol. The Morgan fingerprint density at radius 1 is 0.933 bits per heavy atom. The fourth-order valence-electron chi connectivity index (χ4n) is 3.04. The van der Waals surface area contributed by atoms with Gasteiger partial charge in [-0.1, -0.05) is 60.1 Å². The number of nitrogens with one attached hydrogen (secondary N) is 2. The van der Waals surface area contributed by atoms with Crippen molar-refractivity contribution in [2.24, 2.45) is 0 Å². The summed E-state index contributed by atoms with van der Waals surface area (Å²) >= 11 is 6.33. The number of halogens is 1. The average Bonchev–Trinajstić information content (AvgIpc) is 3.58. The summed E-state index contributed by atoms with van der Waals surface area (Å²) in [6.07, 6.45) is 2.00. The molecule has 2 amide bonds. The molecule has 3 aromatic carbocycles. The van der Waals surface area contributed by atoms with E-state index in [1.54, 1.807) is 30.3 Å². The lowest BCUT2D eigenvalue weighted by atomic mass is 10.1. The third kappa shape index (κ3) is 4.99. The van der Waals surface area contributed by atoms with Crippen LogP contribution in [0.25, 0.3) is 11.1 Å².